The van der Waals surface area contributed by atoms with Crippen LogP contribution in [0.3, 0.4) is 0 Å². The van der Waals surface area contributed by atoms with Crippen LogP contribution in [0.15, 0.2) is 24.3 Å². The molecule has 0 aromatic heterocycles. The van der Waals surface area contributed by atoms with Gasteiger partial charge in [0.05, 0.1) is 23.3 Å². The van der Waals surface area contributed by atoms with Gasteiger partial charge in [0.2, 0.25) is 0 Å². The van der Waals surface area contributed by atoms with Crippen LogP contribution in [0.2, 0.25) is 0 Å². The summed E-state index contributed by atoms with van der Waals surface area (Å²) in [5.74, 6) is -1.02. The minimum atomic E-state index is -0.795. The molecule has 6 heteroatoms. The summed E-state index contributed by atoms with van der Waals surface area (Å²) in [4.78, 5) is 25.7. The molecule has 124 valence electrons. The van der Waals surface area contributed by atoms with Gasteiger partial charge < -0.3 is 9.64 Å². The van der Waals surface area contributed by atoms with Crippen LogP contribution in [0.5, 0.6) is 0 Å². The summed E-state index contributed by atoms with van der Waals surface area (Å²) in [6.07, 6.45) is 4.19. The van der Waals surface area contributed by atoms with Gasteiger partial charge in [-0.15, -0.1) is 0 Å². The SMILES string of the molecule is CN(C(=O)COC(=O)c1ccc(C#N)cc1)C1(C#N)CCCCC1. The van der Waals surface area contributed by atoms with Crippen LogP contribution in [0.4, 0.5) is 0 Å². The van der Waals surface area contributed by atoms with Crippen molar-refractivity contribution in [2.24, 2.45) is 0 Å². The smallest absolute Gasteiger partial charge is 0.338 e. The van der Waals surface area contributed by atoms with Crippen molar-refractivity contribution in [1.82, 2.24) is 4.90 Å². The second kappa shape index (κ2) is 7.61. The van der Waals surface area contributed by atoms with Gasteiger partial charge in [-0.25, -0.2) is 4.79 Å². The van der Waals surface area contributed by atoms with E-state index in [1.165, 1.54) is 29.2 Å². The lowest BCUT2D eigenvalue weighted by atomic mass is 9.81. The summed E-state index contributed by atoms with van der Waals surface area (Å²) in [5.41, 5.74) is -0.0800. The fraction of sp³-hybridized carbons (Fsp3) is 0.444. The molecule has 1 aliphatic rings. The Labute approximate surface area is 141 Å². The number of nitriles is 2. The minimum absolute atomic E-state index is 0.275. The molecule has 0 heterocycles. The number of rotatable bonds is 4. The van der Waals surface area contributed by atoms with Gasteiger partial charge in [-0.1, -0.05) is 19.3 Å². The Morgan fingerprint density at radius 2 is 1.79 bits per heavy atom. The van der Waals surface area contributed by atoms with Crippen molar-refractivity contribution in [3.8, 4) is 12.1 Å². The average Bonchev–Trinajstić information content (AvgIpc) is 2.65. The average molecular weight is 325 g/mol. The van der Waals surface area contributed by atoms with Crippen LogP contribution in [-0.2, 0) is 9.53 Å². The first-order valence-electron chi connectivity index (χ1n) is 7.87. The van der Waals surface area contributed by atoms with E-state index in [0.717, 1.165) is 19.3 Å². The summed E-state index contributed by atoms with van der Waals surface area (Å²) in [6.45, 7) is -0.404. The molecule has 24 heavy (non-hydrogen) atoms. The van der Waals surface area contributed by atoms with E-state index in [1.54, 1.807) is 7.05 Å². The van der Waals surface area contributed by atoms with E-state index in [-0.39, 0.29) is 11.5 Å². The van der Waals surface area contributed by atoms with Gasteiger partial charge >= 0.3 is 5.97 Å². The topological polar surface area (TPSA) is 94.2 Å². The zero-order valence-electron chi connectivity index (χ0n) is 13.6. The maximum Gasteiger partial charge on any atom is 0.338 e. The Hall–Kier alpha value is -2.86. The third-order valence-electron chi connectivity index (χ3n) is 4.48. The second-order valence-corrected chi connectivity index (χ2v) is 5.92. The van der Waals surface area contributed by atoms with Gasteiger partial charge in [-0.3, -0.25) is 4.79 Å². The highest BCUT2D eigenvalue weighted by atomic mass is 16.5. The molecule has 0 unspecified atom stereocenters. The number of amides is 1. The summed E-state index contributed by atoms with van der Waals surface area (Å²) >= 11 is 0. The Morgan fingerprint density at radius 1 is 1.17 bits per heavy atom. The van der Waals surface area contributed by atoms with Crippen LogP contribution in [0.1, 0.15) is 48.0 Å². The van der Waals surface area contributed by atoms with Crippen LogP contribution in [0.25, 0.3) is 0 Å². The molecule has 0 radical (unpaired) electrons. The van der Waals surface area contributed by atoms with Gasteiger partial charge in [0, 0.05) is 7.05 Å². The van der Waals surface area contributed by atoms with Crippen molar-refractivity contribution < 1.29 is 14.3 Å². The highest BCUT2D eigenvalue weighted by molar-refractivity contribution is 5.91. The number of ether oxygens (including phenoxy) is 1. The van der Waals surface area contributed by atoms with Gasteiger partial charge in [0.1, 0.15) is 5.54 Å². The van der Waals surface area contributed by atoms with Gasteiger partial charge in [0.25, 0.3) is 5.91 Å². The summed E-state index contributed by atoms with van der Waals surface area (Å²) in [5, 5.41) is 18.2. The Morgan fingerprint density at radius 3 is 2.33 bits per heavy atom. The predicted molar refractivity (Wildman–Crippen MR) is 85.6 cm³/mol. The van der Waals surface area contributed by atoms with E-state index in [1.807, 2.05) is 6.07 Å². The van der Waals surface area contributed by atoms with E-state index in [0.29, 0.717) is 18.4 Å². The van der Waals surface area contributed by atoms with Gasteiger partial charge in [-0.05, 0) is 37.1 Å². The Bertz CT molecular complexity index is 692. The second-order valence-electron chi connectivity index (χ2n) is 5.92. The molecule has 0 spiro atoms. The molecule has 1 aromatic rings. The molecular formula is C18H19N3O3. The fourth-order valence-electron chi connectivity index (χ4n) is 2.89. The predicted octanol–water partition coefficient (Wildman–Crippen LogP) is 2.40. The van der Waals surface area contributed by atoms with Crippen LogP contribution >= 0.6 is 0 Å². The largest absolute Gasteiger partial charge is 0.452 e. The Kier molecular flexibility index (Phi) is 5.55. The maximum absolute atomic E-state index is 12.3. The molecular weight excluding hydrogens is 306 g/mol. The number of likely N-dealkylation sites (N-methyl/N-ethyl adjacent to an activating group) is 1. The van der Waals surface area contributed by atoms with Crippen molar-refractivity contribution in [3.05, 3.63) is 35.4 Å². The monoisotopic (exact) mass is 325 g/mol. The number of nitrogens with zero attached hydrogens (tertiary/aromatic N) is 3. The zero-order valence-corrected chi connectivity index (χ0v) is 13.6. The number of carbonyl (C=O) groups excluding carboxylic acids is 2. The van der Waals surface area contributed by atoms with Crippen molar-refractivity contribution in [3.63, 3.8) is 0 Å². The number of benzene rings is 1. The summed E-state index contributed by atoms with van der Waals surface area (Å²) in [6, 6.07) is 10.2. The van der Waals surface area contributed by atoms with Crippen molar-refractivity contribution >= 4 is 11.9 Å². The van der Waals surface area contributed by atoms with E-state index >= 15 is 0 Å². The quantitative estimate of drug-likeness (QED) is 0.792. The molecule has 1 amide bonds. The highest BCUT2D eigenvalue weighted by Gasteiger charge is 2.38. The molecule has 0 bridgehead atoms. The maximum atomic E-state index is 12.3. The fourth-order valence-corrected chi connectivity index (χ4v) is 2.89. The standard InChI is InChI=1S/C18H19N3O3/c1-21(18(13-20)9-3-2-4-10-18)16(22)12-24-17(23)15-7-5-14(11-19)6-8-15/h5-8H,2-4,9-10,12H2,1H3. The van der Waals surface area contributed by atoms with Crippen molar-refractivity contribution in [2.45, 2.75) is 37.6 Å². The lowest BCUT2D eigenvalue weighted by molar-refractivity contribution is -0.138. The molecule has 2 rings (SSSR count). The van der Waals surface area contributed by atoms with E-state index in [4.69, 9.17) is 10.00 Å². The van der Waals surface area contributed by atoms with Gasteiger partial charge in [0.15, 0.2) is 6.61 Å². The van der Waals surface area contributed by atoms with E-state index < -0.39 is 18.1 Å². The summed E-state index contributed by atoms with van der Waals surface area (Å²) < 4.78 is 5.04. The van der Waals surface area contributed by atoms with Crippen molar-refractivity contribution in [1.29, 1.82) is 10.5 Å². The van der Waals surface area contributed by atoms with Crippen molar-refractivity contribution in [2.75, 3.05) is 13.7 Å². The third-order valence-corrected chi connectivity index (χ3v) is 4.48. The molecule has 0 aliphatic heterocycles. The first-order chi connectivity index (χ1) is 11.5. The summed E-state index contributed by atoms with van der Waals surface area (Å²) in [7, 11) is 1.59. The molecule has 1 aromatic carbocycles. The molecule has 1 saturated carbocycles. The number of carbonyl (C=O) groups is 2. The molecule has 1 aliphatic carbocycles. The first-order valence-corrected chi connectivity index (χ1v) is 7.87. The lowest BCUT2D eigenvalue weighted by Gasteiger charge is -2.38. The lowest BCUT2D eigenvalue weighted by Crippen LogP contribution is -2.51. The first kappa shape index (κ1) is 17.5. The number of esters is 1. The number of hydrogen-bond acceptors (Lipinski definition) is 5. The van der Waals surface area contributed by atoms with E-state index in [2.05, 4.69) is 6.07 Å². The zero-order chi connectivity index (χ0) is 17.6. The normalized spacial score (nSPS) is 15.6. The van der Waals surface area contributed by atoms with Crippen LogP contribution in [-0.4, -0.2) is 36.0 Å². The third kappa shape index (κ3) is 3.72. The number of hydrogen-bond donors (Lipinski definition) is 0. The van der Waals surface area contributed by atoms with Crippen LogP contribution in [0, 0.1) is 22.7 Å². The molecule has 6 nitrogen and oxygen atoms in total. The van der Waals surface area contributed by atoms with Crippen LogP contribution < -0.4 is 0 Å². The molecule has 0 saturated heterocycles. The highest BCUT2D eigenvalue weighted by Crippen LogP contribution is 2.32. The Balaban J connectivity index is 1.95. The molecule has 0 N–H and O–H groups in total. The van der Waals surface area contributed by atoms with Gasteiger partial charge in [-0.2, -0.15) is 10.5 Å². The molecule has 1 fully saturated rings. The minimum Gasteiger partial charge on any atom is -0.452 e. The molecule has 0 atom stereocenters. The van der Waals surface area contributed by atoms with E-state index in [9.17, 15) is 14.9 Å².